The van der Waals surface area contributed by atoms with Crippen molar-refractivity contribution in [3.63, 3.8) is 0 Å². The van der Waals surface area contributed by atoms with Gasteiger partial charge in [0.1, 0.15) is 5.56 Å². The minimum Gasteiger partial charge on any atom is -0.392 e. The van der Waals surface area contributed by atoms with Crippen LogP contribution in [0.15, 0.2) is 83.8 Å². The molecular weight excluding hydrogens is 589 g/mol. The highest BCUT2D eigenvalue weighted by molar-refractivity contribution is 7.99. The van der Waals surface area contributed by atoms with Crippen molar-refractivity contribution in [3.8, 4) is 0 Å². The number of rotatable bonds is 8. The summed E-state index contributed by atoms with van der Waals surface area (Å²) in [5.41, 5.74) is 0.711. The highest BCUT2D eigenvalue weighted by Gasteiger charge is 2.38. The van der Waals surface area contributed by atoms with Gasteiger partial charge < -0.3 is 19.9 Å². The maximum Gasteiger partial charge on any atom is 0.261 e. The lowest BCUT2D eigenvalue weighted by Crippen LogP contribution is -2.38. The van der Waals surface area contributed by atoms with E-state index in [2.05, 4.69) is 5.32 Å². The average Bonchev–Trinajstić information content (AvgIpc) is 3.03. The highest BCUT2D eigenvalue weighted by atomic mass is 32.2. The quantitative estimate of drug-likeness (QED) is 0.0920. The molecule has 1 fully saturated rings. The van der Waals surface area contributed by atoms with Crippen molar-refractivity contribution in [2.75, 3.05) is 11.1 Å². The summed E-state index contributed by atoms with van der Waals surface area (Å²) in [6, 6.07) is 23.3. The lowest BCUT2D eigenvalue weighted by atomic mass is 9.91. The second-order valence-corrected chi connectivity index (χ2v) is 11.1. The number of thioether (sulfide) groups is 1. The molecule has 1 amide bonds. The summed E-state index contributed by atoms with van der Waals surface area (Å²) in [5.74, 6) is -12.1. The van der Waals surface area contributed by atoms with Gasteiger partial charge in [0, 0.05) is 27.8 Å². The van der Waals surface area contributed by atoms with Crippen LogP contribution in [0.1, 0.15) is 46.4 Å². The van der Waals surface area contributed by atoms with Gasteiger partial charge in [0.15, 0.2) is 29.6 Å². The topological polar surface area (TPSA) is 67.8 Å². The molecule has 5 rings (SSSR count). The van der Waals surface area contributed by atoms with Gasteiger partial charge in [0.05, 0.1) is 18.8 Å². The first-order chi connectivity index (χ1) is 20.7. The minimum atomic E-state index is -2.35. The van der Waals surface area contributed by atoms with Gasteiger partial charge in [-0.15, -0.1) is 11.8 Å². The number of anilines is 1. The predicted octanol–water partition coefficient (Wildman–Crippen LogP) is 7.71. The number of hydrogen-bond donors (Lipinski definition) is 2. The molecule has 5 nitrogen and oxygen atoms in total. The molecule has 0 spiro atoms. The van der Waals surface area contributed by atoms with Crippen molar-refractivity contribution < 1.29 is 41.3 Å². The van der Waals surface area contributed by atoms with E-state index in [1.54, 1.807) is 23.9 Å². The van der Waals surface area contributed by atoms with Gasteiger partial charge in [-0.2, -0.15) is 0 Å². The fourth-order valence-electron chi connectivity index (χ4n) is 4.73. The molecule has 0 saturated carbocycles. The minimum absolute atomic E-state index is 0.0488. The zero-order valence-corrected chi connectivity index (χ0v) is 23.5. The summed E-state index contributed by atoms with van der Waals surface area (Å²) in [6.45, 7) is 1.95. The largest absolute Gasteiger partial charge is 0.392 e. The summed E-state index contributed by atoms with van der Waals surface area (Å²) < 4.78 is 81.5. The lowest BCUT2D eigenvalue weighted by molar-refractivity contribution is -0.268. The molecule has 0 aromatic heterocycles. The number of amides is 1. The van der Waals surface area contributed by atoms with E-state index >= 15 is 0 Å². The molecule has 0 unspecified atom stereocenters. The third-order valence-corrected chi connectivity index (χ3v) is 8.26. The van der Waals surface area contributed by atoms with Crippen molar-refractivity contribution >= 4 is 23.4 Å². The summed E-state index contributed by atoms with van der Waals surface area (Å²) >= 11 is 1.64. The normalized spacial score (nSPS) is 20.2. The number of ether oxygens (including phenoxy) is 2. The Kier molecular flexibility index (Phi) is 9.46. The molecule has 1 saturated heterocycles. The number of carbonyl (C=O) groups excluding carboxylic acids is 1. The second-order valence-electron chi connectivity index (χ2n) is 9.97. The fourth-order valence-corrected chi connectivity index (χ4v) is 5.81. The molecule has 0 bridgehead atoms. The van der Waals surface area contributed by atoms with Gasteiger partial charge in [-0.05, 0) is 35.4 Å². The van der Waals surface area contributed by atoms with Crippen LogP contribution in [0.5, 0.6) is 0 Å². The van der Waals surface area contributed by atoms with Crippen LogP contribution >= 0.6 is 11.8 Å². The lowest BCUT2D eigenvalue weighted by Gasteiger charge is -2.41. The number of halogens is 5. The smallest absolute Gasteiger partial charge is 0.261 e. The van der Waals surface area contributed by atoms with Crippen molar-refractivity contribution in [1.82, 2.24) is 0 Å². The van der Waals surface area contributed by atoms with Crippen LogP contribution in [-0.2, 0) is 16.1 Å². The molecule has 0 radical (unpaired) electrons. The van der Waals surface area contributed by atoms with Crippen LogP contribution in [0.4, 0.5) is 27.6 Å². The van der Waals surface area contributed by atoms with Gasteiger partial charge in [0.2, 0.25) is 5.82 Å². The van der Waals surface area contributed by atoms with Crippen LogP contribution in [0.25, 0.3) is 0 Å². The van der Waals surface area contributed by atoms with Crippen LogP contribution in [0.2, 0.25) is 0 Å². The van der Waals surface area contributed by atoms with Gasteiger partial charge in [-0.1, -0.05) is 61.5 Å². The van der Waals surface area contributed by atoms with E-state index in [4.69, 9.17) is 9.47 Å². The third kappa shape index (κ3) is 6.59. The molecular formula is C32H26F5NO4S. The second kappa shape index (κ2) is 13.3. The first-order valence-electron chi connectivity index (χ1n) is 13.3. The van der Waals surface area contributed by atoms with E-state index in [0.717, 1.165) is 16.0 Å². The predicted molar refractivity (Wildman–Crippen MR) is 151 cm³/mol. The Hall–Kier alpha value is -3.77. The van der Waals surface area contributed by atoms with Gasteiger partial charge in [0.25, 0.3) is 5.91 Å². The monoisotopic (exact) mass is 615 g/mol. The van der Waals surface area contributed by atoms with Crippen LogP contribution in [0.3, 0.4) is 0 Å². The first kappa shape index (κ1) is 30.7. The van der Waals surface area contributed by atoms with E-state index in [-0.39, 0.29) is 30.4 Å². The number of benzene rings is 4. The standard InChI is InChI=1S/C32H26F5NO4S/c1-17-23(16-43-22-5-3-2-4-6-22)41-32(42-30(17)19-9-7-18(15-39)8-10-19)20-11-13-21(14-12-20)38-31(40)24-25(33)27(35)29(37)28(36)26(24)34/h2-14,17,23,30,32,39H,15-16H2,1H3,(H,38,40)/t17-,23+,30+,32+/m0/s1. The fraction of sp³-hybridized carbons (Fsp3) is 0.219. The van der Waals surface area contributed by atoms with E-state index in [1.807, 2.05) is 61.5 Å². The molecule has 11 heteroatoms. The van der Waals surface area contributed by atoms with Crippen molar-refractivity contribution in [3.05, 3.63) is 130 Å². The van der Waals surface area contributed by atoms with Crippen molar-refractivity contribution in [2.24, 2.45) is 5.92 Å². The molecule has 1 aliphatic heterocycles. The Bertz CT molecular complexity index is 1560. The Balaban J connectivity index is 1.36. The van der Waals surface area contributed by atoms with Crippen LogP contribution in [0, 0.1) is 35.0 Å². The van der Waals surface area contributed by atoms with E-state index in [9.17, 15) is 31.9 Å². The van der Waals surface area contributed by atoms with E-state index in [1.165, 1.54) is 12.1 Å². The first-order valence-corrected chi connectivity index (χ1v) is 14.3. The zero-order chi connectivity index (χ0) is 30.7. The highest BCUT2D eigenvalue weighted by Crippen LogP contribution is 2.43. The molecule has 1 heterocycles. The van der Waals surface area contributed by atoms with Crippen LogP contribution < -0.4 is 5.32 Å². The summed E-state index contributed by atoms with van der Waals surface area (Å²) in [5, 5.41) is 11.6. The maximum atomic E-state index is 14.1. The van der Waals surface area contributed by atoms with E-state index in [0.29, 0.717) is 11.3 Å². The molecule has 224 valence electrons. The summed E-state index contributed by atoms with van der Waals surface area (Å²) in [7, 11) is 0. The number of carbonyl (C=O) groups is 1. The molecule has 0 aliphatic carbocycles. The Labute approximate surface area is 248 Å². The SMILES string of the molecule is C[C@H]1[C@@H](CSc2ccccc2)O[C@@H](c2ccc(NC(=O)c3c(F)c(F)c(F)c(F)c3F)cc2)O[C@H]1c1ccc(CO)cc1. The number of nitrogens with one attached hydrogen (secondary N) is 1. The molecule has 43 heavy (non-hydrogen) atoms. The van der Waals surface area contributed by atoms with Gasteiger partial charge in [-0.25, -0.2) is 22.0 Å². The number of hydrogen-bond acceptors (Lipinski definition) is 5. The van der Waals surface area contributed by atoms with Crippen LogP contribution in [-0.4, -0.2) is 22.9 Å². The van der Waals surface area contributed by atoms with E-state index < -0.39 is 46.8 Å². The van der Waals surface area contributed by atoms with Gasteiger partial charge >= 0.3 is 0 Å². The Morgan fingerprint density at radius 3 is 1.98 bits per heavy atom. The molecule has 4 aromatic carbocycles. The molecule has 4 atom stereocenters. The van der Waals surface area contributed by atoms with Crippen molar-refractivity contribution in [1.29, 1.82) is 0 Å². The van der Waals surface area contributed by atoms with Gasteiger partial charge in [-0.3, -0.25) is 4.79 Å². The molecule has 4 aromatic rings. The average molecular weight is 616 g/mol. The van der Waals surface area contributed by atoms with Crippen molar-refractivity contribution in [2.45, 2.75) is 36.9 Å². The Morgan fingerprint density at radius 1 is 0.791 bits per heavy atom. The molecule has 2 N–H and O–H groups in total. The zero-order valence-electron chi connectivity index (χ0n) is 22.7. The Morgan fingerprint density at radius 2 is 1.37 bits per heavy atom. The third-order valence-electron chi connectivity index (χ3n) is 7.16. The maximum absolute atomic E-state index is 14.1. The number of aliphatic hydroxyl groups excluding tert-OH is 1. The summed E-state index contributed by atoms with van der Waals surface area (Å²) in [6.07, 6.45) is -1.42. The number of aliphatic hydroxyl groups is 1. The molecule has 1 aliphatic rings. The summed E-state index contributed by atoms with van der Waals surface area (Å²) in [4.78, 5) is 13.5.